The smallest absolute Gasteiger partial charge is 0.377 e. The molecule has 0 atom stereocenters. The Kier molecular flexibility index (Phi) is 11.3. The van der Waals surface area contributed by atoms with Gasteiger partial charge in [-0.1, -0.05) is 13.3 Å². The van der Waals surface area contributed by atoms with Crippen LogP contribution in [0.15, 0.2) is 0 Å². The maximum absolute atomic E-state index is 7.25. The van der Waals surface area contributed by atoms with Crippen LogP contribution in [0, 0.1) is 5.41 Å². The summed E-state index contributed by atoms with van der Waals surface area (Å²) in [4.78, 5) is 3.50. The normalized spacial score (nSPS) is 10.4. The van der Waals surface area contributed by atoms with E-state index < -0.39 is 8.80 Å². The third kappa shape index (κ3) is 7.65. The van der Waals surface area contributed by atoms with Gasteiger partial charge in [0.15, 0.2) is 5.96 Å². The summed E-state index contributed by atoms with van der Waals surface area (Å²) in [5, 5.41) is 7.25. The Bertz CT molecular complexity index is 203. The van der Waals surface area contributed by atoms with Crippen LogP contribution >= 0.6 is 0 Å². The minimum absolute atomic E-state index is 0.519. The summed E-state index contributed by atoms with van der Waals surface area (Å²) >= 11 is 0. The van der Waals surface area contributed by atoms with E-state index in [9.17, 15) is 0 Å². The highest BCUT2D eigenvalue weighted by molar-refractivity contribution is 6.60. The fourth-order valence-corrected chi connectivity index (χ4v) is 2.99. The molecule has 110 valence electrons. The fourth-order valence-electron chi connectivity index (χ4n) is 1.26. The van der Waals surface area contributed by atoms with E-state index in [4.69, 9.17) is 18.7 Å². The van der Waals surface area contributed by atoms with E-state index in [1.165, 1.54) is 0 Å². The van der Waals surface area contributed by atoms with Gasteiger partial charge in [-0.15, -0.1) is 0 Å². The van der Waals surface area contributed by atoms with Crippen molar-refractivity contribution < 1.29 is 13.3 Å². The highest BCUT2D eigenvalue weighted by Gasteiger charge is 2.36. The van der Waals surface area contributed by atoms with Gasteiger partial charge < -0.3 is 23.1 Å². The minimum atomic E-state index is -2.22. The van der Waals surface area contributed by atoms with E-state index in [2.05, 4.69) is 6.92 Å². The summed E-state index contributed by atoms with van der Waals surface area (Å²) in [6.45, 7) is 2.08. The molecule has 0 aliphatic rings. The quantitative estimate of drug-likeness (QED) is 0.467. The summed E-state index contributed by atoms with van der Waals surface area (Å²) in [6, 6.07) is 0.885. The van der Waals surface area contributed by atoms with Crippen LogP contribution in [0.2, 0.25) is 6.04 Å². The lowest BCUT2D eigenvalue weighted by atomic mass is 10.6. The maximum atomic E-state index is 7.25. The zero-order chi connectivity index (χ0) is 14.8. The second-order valence-electron chi connectivity index (χ2n) is 4.16. The minimum Gasteiger partial charge on any atom is -0.377 e. The number of guanidine groups is 1. The van der Waals surface area contributed by atoms with Crippen LogP contribution in [0.25, 0.3) is 0 Å². The van der Waals surface area contributed by atoms with Gasteiger partial charge >= 0.3 is 8.80 Å². The van der Waals surface area contributed by atoms with Gasteiger partial charge in [0, 0.05) is 55.6 Å². The first-order valence-corrected chi connectivity index (χ1v) is 7.82. The molecule has 0 heterocycles. The fraction of sp³-hybridized carbons (Fsp3) is 0.909. The monoisotopic (exact) mass is 279 g/mol. The van der Waals surface area contributed by atoms with Crippen molar-refractivity contribution in [3.8, 4) is 0 Å². The first-order chi connectivity index (χ1) is 8.30. The van der Waals surface area contributed by atoms with Crippen LogP contribution in [0.5, 0.6) is 0 Å². The first-order valence-electron chi connectivity index (χ1n) is 5.88. The molecule has 7 heteroatoms. The van der Waals surface area contributed by atoms with E-state index >= 15 is 0 Å². The van der Waals surface area contributed by atoms with Crippen molar-refractivity contribution >= 4 is 14.8 Å². The third-order valence-corrected chi connectivity index (χ3v) is 5.31. The lowest BCUT2D eigenvalue weighted by Gasteiger charge is -2.23. The van der Waals surface area contributed by atoms with E-state index in [0.29, 0.717) is 5.96 Å². The second-order valence-corrected chi connectivity index (χ2v) is 7.25. The van der Waals surface area contributed by atoms with Gasteiger partial charge in [-0.2, -0.15) is 0 Å². The van der Waals surface area contributed by atoms with Crippen molar-refractivity contribution in [1.29, 1.82) is 5.41 Å². The molecular formula is C11H29N3O3Si. The molecule has 0 rings (SSSR count). The van der Waals surface area contributed by atoms with Crippen molar-refractivity contribution in [3.05, 3.63) is 0 Å². The van der Waals surface area contributed by atoms with Gasteiger partial charge in [0.25, 0.3) is 0 Å². The Morgan fingerprint density at radius 1 is 0.944 bits per heavy atom. The summed E-state index contributed by atoms with van der Waals surface area (Å²) < 4.78 is 15.5. The van der Waals surface area contributed by atoms with E-state index in [1.807, 2.05) is 28.2 Å². The Hall–Kier alpha value is -0.633. The van der Waals surface area contributed by atoms with Crippen LogP contribution in [0.3, 0.4) is 0 Å². The molecule has 0 aliphatic carbocycles. The summed E-state index contributed by atoms with van der Waals surface area (Å²) in [5.41, 5.74) is 0. The van der Waals surface area contributed by atoms with Gasteiger partial charge in [0.05, 0.1) is 0 Å². The van der Waals surface area contributed by atoms with Crippen LogP contribution in [0.1, 0.15) is 13.3 Å². The molecule has 0 saturated heterocycles. The van der Waals surface area contributed by atoms with Gasteiger partial charge in [-0.05, 0) is 0 Å². The van der Waals surface area contributed by atoms with E-state index in [-0.39, 0.29) is 0 Å². The Morgan fingerprint density at radius 2 is 1.28 bits per heavy atom. The number of nitrogens with zero attached hydrogens (tertiary/aromatic N) is 2. The zero-order valence-electron chi connectivity index (χ0n) is 13.0. The van der Waals surface area contributed by atoms with Crippen molar-refractivity contribution in [2.24, 2.45) is 0 Å². The predicted molar refractivity (Wildman–Crippen MR) is 77.0 cm³/mol. The van der Waals surface area contributed by atoms with Gasteiger partial charge in [-0.25, -0.2) is 0 Å². The number of rotatable bonds is 5. The Labute approximate surface area is 113 Å². The van der Waals surface area contributed by atoms with Gasteiger partial charge in [0.1, 0.15) is 0 Å². The predicted octanol–water partition coefficient (Wildman–Crippen LogP) is 1.32. The number of nitrogens with one attached hydrogen (secondary N) is 1. The highest BCUT2D eigenvalue weighted by atomic mass is 28.4. The largest absolute Gasteiger partial charge is 0.500 e. The highest BCUT2D eigenvalue weighted by Crippen LogP contribution is 2.13. The van der Waals surface area contributed by atoms with Crippen molar-refractivity contribution in [1.82, 2.24) is 9.80 Å². The first kappa shape index (κ1) is 19.7. The van der Waals surface area contributed by atoms with Crippen LogP contribution < -0.4 is 0 Å². The lowest BCUT2D eigenvalue weighted by molar-refractivity contribution is 0.123. The maximum Gasteiger partial charge on any atom is 0.500 e. The third-order valence-electron chi connectivity index (χ3n) is 2.34. The van der Waals surface area contributed by atoms with Crippen molar-refractivity contribution in [2.45, 2.75) is 19.4 Å². The molecule has 0 aromatic rings. The van der Waals surface area contributed by atoms with Crippen LogP contribution in [0.4, 0.5) is 0 Å². The molecule has 0 unspecified atom stereocenters. The molecule has 0 aromatic carbocycles. The van der Waals surface area contributed by atoms with Crippen LogP contribution in [-0.4, -0.2) is 74.1 Å². The number of hydrogen-bond acceptors (Lipinski definition) is 4. The van der Waals surface area contributed by atoms with E-state index in [1.54, 1.807) is 31.1 Å². The zero-order valence-corrected chi connectivity index (χ0v) is 14.0. The average molecular weight is 279 g/mol. The SMILES string of the molecule is CCC[Si](OC)(OC)OC.CN(C)C(=N)N(C)C. The summed E-state index contributed by atoms with van der Waals surface area (Å²) in [5.74, 6) is 0.519. The van der Waals surface area contributed by atoms with E-state index in [0.717, 1.165) is 12.5 Å². The summed E-state index contributed by atoms with van der Waals surface area (Å²) in [7, 11) is 10.1. The lowest BCUT2D eigenvalue weighted by Crippen LogP contribution is -2.42. The standard InChI is InChI=1S/C6H16O3Si.C5H13N3/c1-5-6-10(7-2,8-3)9-4;1-7(2)5(6)8(3)4/h5-6H2,1-4H3;6H,1-4H3. The van der Waals surface area contributed by atoms with Gasteiger partial charge in [-0.3, -0.25) is 5.41 Å². The molecule has 0 aromatic heterocycles. The molecular weight excluding hydrogens is 250 g/mol. The van der Waals surface area contributed by atoms with Gasteiger partial charge in [0.2, 0.25) is 0 Å². The molecule has 0 aliphatic heterocycles. The molecule has 0 saturated carbocycles. The average Bonchev–Trinajstić information content (AvgIpc) is 2.35. The van der Waals surface area contributed by atoms with Crippen LogP contribution in [-0.2, 0) is 13.3 Å². The molecule has 0 spiro atoms. The Morgan fingerprint density at radius 3 is 1.33 bits per heavy atom. The molecule has 0 bridgehead atoms. The van der Waals surface area contributed by atoms with Crippen molar-refractivity contribution in [3.63, 3.8) is 0 Å². The molecule has 0 fully saturated rings. The molecule has 0 amide bonds. The molecule has 0 radical (unpaired) electrons. The second kappa shape index (κ2) is 10.3. The molecule has 18 heavy (non-hydrogen) atoms. The molecule has 1 N–H and O–H groups in total. The summed E-state index contributed by atoms with van der Waals surface area (Å²) in [6.07, 6.45) is 1.03. The molecule has 6 nitrogen and oxygen atoms in total. The Balaban J connectivity index is 0. The topological polar surface area (TPSA) is 58.0 Å². The number of hydrogen-bond donors (Lipinski definition) is 1. The van der Waals surface area contributed by atoms with Crippen molar-refractivity contribution in [2.75, 3.05) is 49.5 Å².